The summed E-state index contributed by atoms with van der Waals surface area (Å²) in [6.45, 7) is 2.16. The zero-order chi connectivity index (χ0) is 17.7. The number of aryl methyl sites for hydroxylation is 1. The molecule has 1 saturated heterocycles. The highest BCUT2D eigenvalue weighted by Gasteiger charge is 2.50. The average Bonchev–Trinajstić information content (AvgIpc) is 3.42. The Morgan fingerprint density at radius 3 is 2.54 bits per heavy atom. The first-order chi connectivity index (χ1) is 12.7. The van der Waals surface area contributed by atoms with Crippen LogP contribution in [0.1, 0.15) is 48.3 Å². The van der Waals surface area contributed by atoms with Crippen molar-refractivity contribution >= 4 is 11.5 Å². The molecule has 26 heavy (non-hydrogen) atoms. The molecule has 0 radical (unpaired) electrons. The molecule has 2 heteroatoms. The van der Waals surface area contributed by atoms with Crippen molar-refractivity contribution in [2.75, 3.05) is 0 Å². The van der Waals surface area contributed by atoms with Crippen LogP contribution >= 0.6 is 0 Å². The number of rotatable bonds is 3. The fourth-order valence-corrected chi connectivity index (χ4v) is 5.05. The Bertz CT molecular complexity index is 869. The largest absolute Gasteiger partial charge is 0.333 e. The van der Waals surface area contributed by atoms with E-state index in [0.717, 1.165) is 25.7 Å². The van der Waals surface area contributed by atoms with Gasteiger partial charge in [0.2, 0.25) is 5.91 Å². The maximum atomic E-state index is 13.3. The van der Waals surface area contributed by atoms with Crippen molar-refractivity contribution in [3.05, 3.63) is 77.4 Å². The Morgan fingerprint density at radius 2 is 1.77 bits per heavy atom. The number of hydrogen-bond donors (Lipinski definition) is 0. The normalized spacial score (nSPS) is 29.4. The quantitative estimate of drug-likeness (QED) is 0.772. The van der Waals surface area contributed by atoms with Gasteiger partial charge in [0.15, 0.2) is 0 Å². The second-order valence-electron chi connectivity index (χ2n) is 8.11. The monoisotopic (exact) mass is 343 g/mol. The van der Waals surface area contributed by atoms with Gasteiger partial charge in [0.1, 0.15) is 0 Å². The molecule has 132 valence electrons. The first-order valence-corrected chi connectivity index (χ1v) is 9.86. The topological polar surface area (TPSA) is 20.3 Å². The third-order valence-corrected chi connectivity index (χ3v) is 6.49. The highest BCUT2D eigenvalue weighted by molar-refractivity contribution is 5.85. The van der Waals surface area contributed by atoms with Crippen LogP contribution in [-0.4, -0.2) is 22.9 Å². The lowest BCUT2D eigenvalue weighted by Crippen LogP contribution is -2.44. The SMILES string of the molecule is Cc1ccccc1[C@H]1C[C@H]1C(=O)N1[C@@H]2CC[C@@H]1C=C(c1ccccc1)C2. The molecule has 4 atom stereocenters. The maximum Gasteiger partial charge on any atom is 0.227 e. The van der Waals surface area contributed by atoms with E-state index in [1.54, 1.807) is 0 Å². The molecule has 2 nitrogen and oxygen atoms in total. The summed E-state index contributed by atoms with van der Waals surface area (Å²) >= 11 is 0. The minimum atomic E-state index is 0.200. The molecule has 2 heterocycles. The fraction of sp³-hybridized carbons (Fsp3) is 0.375. The van der Waals surface area contributed by atoms with Gasteiger partial charge in [-0.05, 0) is 60.8 Å². The van der Waals surface area contributed by atoms with E-state index in [0.29, 0.717) is 23.9 Å². The summed E-state index contributed by atoms with van der Waals surface area (Å²) in [5.74, 6) is 1.03. The van der Waals surface area contributed by atoms with Crippen LogP contribution in [0.25, 0.3) is 5.57 Å². The highest BCUT2D eigenvalue weighted by Crippen LogP contribution is 2.51. The van der Waals surface area contributed by atoms with Crippen LogP contribution in [0.3, 0.4) is 0 Å². The molecule has 0 spiro atoms. The summed E-state index contributed by atoms with van der Waals surface area (Å²) in [5, 5.41) is 0. The van der Waals surface area contributed by atoms with Crippen LogP contribution in [0, 0.1) is 12.8 Å². The van der Waals surface area contributed by atoms with Gasteiger partial charge < -0.3 is 4.90 Å². The van der Waals surface area contributed by atoms with Crippen LogP contribution < -0.4 is 0 Å². The Kier molecular flexibility index (Phi) is 3.74. The van der Waals surface area contributed by atoms with E-state index < -0.39 is 0 Å². The Balaban J connectivity index is 1.35. The van der Waals surface area contributed by atoms with Gasteiger partial charge in [-0.2, -0.15) is 0 Å². The summed E-state index contributed by atoms with van der Waals surface area (Å²) < 4.78 is 0. The molecule has 2 fully saturated rings. The molecule has 0 unspecified atom stereocenters. The smallest absolute Gasteiger partial charge is 0.227 e. The van der Waals surface area contributed by atoms with E-state index in [1.165, 1.54) is 22.3 Å². The predicted molar refractivity (Wildman–Crippen MR) is 105 cm³/mol. The number of carbonyl (C=O) groups excluding carboxylic acids is 1. The molecule has 2 aromatic carbocycles. The molecule has 5 rings (SSSR count). The molecule has 1 amide bonds. The van der Waals surface area contributed by atoms with Gasteiger partial charge >= 0.3 is 0 Å². The van der Waals surface area contributed by atoms with E-state index >= 15 is 0 Å². The predicted octanol–water partition coefficient (Wildman–Crippen LogP) is 4.95. The van der Waals surface area contributed by atoms with Gasteiger partial charge in [-0.3, -0.25) is 4.79 Å². The summed E-state index contributed by atoms with van der Waals surface area (Å²) in [6, 6.07) is 19.9. The van der Waals surface area contributed by atoms with Gasteiger partial charge in [-0.25, -0.2) is 0 Å². The van der Waals surface area contributed by atoms with Crippen LogP contribution in [0.15, 0.2) is 60.7 Å². The first kappa shape index (κ1) is 15.9. The molecule has 0 aromatic heterocycles. The molecule has 2 bridgehead atoms. The number of carbonyl (C=O) groups is 1. The highest BCUT2D eigenvalue weighted by atomic mass is 16.2. The molecule has 2 aromatic rings. The van der Waals surface area contributed by atoms with Crippen molar-refractivity contribution in [1.29, 1.82) is 0 Å². The van der Waals surface area contributed by atoms with Gasteiger partial charge in [-0.1, -0.05) is 60.7 Å². The average molecular weight is 343 g/mol. The van der Waals surface area contributed by atoms with Crippen LogP contribution in [0.5, 0.6) is 0 Å². The standard InChI is InChI=1S/C24H25NO/c1-16-7-5-6-10-21(16)22-15-23(22)24(26)25-19-11-12-20(25)14-18(13-19)17-8-3-2-4-9-17/h2-10,13,19-20,22-23H,11-12,14-15H2,1H3/t19-,20-,22-,23-/m1/s1. The van der Waals surface area contributed by atoms with Crippen molar-refractivity contribution < 1.29 is 4.79 Å². The minimum absolute atomic E-state index is 0.200. The van der Waals surface area contributed by atoms with Crippen molar-refractivity contribution in [2.45, 2.75) is 50.6 Å². The summed E-state index contributed by atoms with van der Waals surface area (Å²) in [7, 11) is 0. The lowest BCUT2D eigenvalue weighted by atomic mass is 9.94. The van der Waals surface area contributed by atoms with Gasteiger partial charge in [0, 0.05) is 12.0 Å². The third-order valence-electron chi connectivity index (χ3n) is 6.49. The van der Waals surface area contributed by atoms with E-state index in [4.69, 9.17) is 0 Å². The van der Waals surface area contributed by atoms with E-state index in [1.807, 2.05) is 0 Å². The third kappa shape index (κ3) is 2.59. The second kappa shape index (κ2) is 6.12. The zero-order valence-electron chi connectivity index (χ0n) is 15.3. The molecule has 1 aliphatic carbocycles. The lowest BCUT2D eigenvalue weighted by Gasteiger charge is -2.34. The molecular weight excluding hydrogens is 318 g/mol. The lowest BCUT2D eigenvalue weighted by molar-refractivity contribution is -0.134. The van der Waals surface area contributed by atoms with E-state index in [9.17, 15) is 4.79 Å². The Morgan fingerprint density at radius 1 is 1.00 bits per heavy atom. The van der Waals surface area contributed by atoms with Crippen molar-refractivity contribution in [3.63, 3.8) is 0 Å². The second-order valence-corrected chi connectivity index (χ2v) is 8.11. The first-order valence-electron chi connectivity index (χ1n) is 9.86. The van der Waals surface area contributed by atoms with E-state index in [2.05, 4.69) is 72.5 Å². The molecule has 3 aliphatic rings. The number of fused-ring (bicyclic) bond motifs is 2. The van der Waals surface area contributed by atoms with Crippen molar-refractivity contribution in [1.82, 2.24) is 4.90 Å². The number of benzene rings is 2. The number of nitrogens with zero attached hydrogens (tertiary/aromatic N) is 1. The zero-order valence-corrected chi connectivity index (χ0v) is 15.3. The summed E-state index contributed by atoms with van der Waals surface area (Å²) in [6.07, 6.45) is 6.66. The molecular formula is C24H25NO. The van der Waals surface area contributed by atoms with Crippen LogP contribution in [0.2, 0.25) is 0 Å². The Hall–Kier alpha value is -2.35. The van der Waals surface area contributed by atoms with Crippen LogP contribution in [0.4, 0.5) is 0 Å². The van der Waals surface area contributed by atoms with Crippen LogP contribution in [-0.2, 0) is 4.79 Å². The summed E-state index contributed by atoms with van der Waals surface area (Å²) in [5.41, 5.74) is 5.44. The van der Waals surface area contributed by atoms with E-state index in [-0.39, 0.29) is 5.92 Å². The molecule has 1 saturated carbocycles. The molecule has 0 N–H and O–H groups in total. The molecule has 2 aliphatic heterocycles. The summed E-state index contributed by atoms with van der Waals surface area (Å²) in [4.78, 5) is 15.5. The fourth-order valence-electron chi connectivity index (χ4n) is 5.05. The number of amides is 1. The number of hydrogen-bond acceptors (Lipinski definition) is 1. The minimum Gasteiger partial charge on any atom is -0.333 e. The van der Waals surface area contributed by atoms with Gasteiger partial charge in [0.25, 0.3) is 0 Å². The van der Waals surface area contributed by atoms with Crippen molar-refractivity contribution in [3.8, 4) is 0 Å². The van der Waals surface area contributed by atoms with Crippen molar-refractivity contribution in [2.24, 2.45) is 5.92 Å². The maximum absolute atomic E-state index is 13.3. The van der Waals surface area contributed by atoms with Gasteiger partial charge in [-0.15, -0.1) is 0 Å². The Labute approximate surface area is 155 Å². The van der Waals surface area contributed by atoms with Gasteiger partial charge in [0.05, 0.1) is 6.04 Å².